The first-order chi connectivity index (χ1) is 22.6. The van der Waals surface area contributed by atoms with Gasteiger partial charge >= 0.3 is 5.97 Å². The monoisotopic (exact) mass is 679 g/mol. The number of nitrogens with two attached hydrogens (primary N) is 1. The smallest absolute Gasteiger partial charge is 0.314 e. The van der Waals surface area contributed by atoms with Crippen LogP contribution in [0.25, 0.3) is 0 Å². The van der Waals surface area contributed by atoms with E-state index in [0.717, 1.165) is 23.2 Å². The Hall–Kier alpha value is -2.25. The van der Waals surface area contributed by atoms with Gasteiger partial charge in [0.2, 0.25) is 0 Å². The minimum Gasteiger partial charge on any atom is -0.460 e. The van der Waals surface area contributed by atoms with Crippen LogP contribution in [0, 0.1) is 5.92 Å². The molecule has 0 saturated heterocycles. The molecule has 2 N–H and O–H groups in total. The van der Waals surface area contributed by atoms with E-state index < -0.39 is 31.7 Å². The summed E-state index contributed by atoms with van der Waals surface area (Å²) in [4.78, 5) is 14.0. The van der Waals surface area contributed by atoms with Crippen LogP contribution in [0.4, 0.5) is 0 Å². The Balaban J connectivity index is 2.40. The van der Waals surface area contributed by atoms with Crippen molar-refractivity contribution in [2.45, 2.75) is 162 Å². The standard InChI is InChI=1S/C42H69NO4Si/c1-10-11-12-13-14-15-16-17-18-19-20-21-28-33-38(37(34-45-42(8,9)43)39(44)46-40(2,3)4)47-48(41(5,6)7,35-29-24-22-25-30-35)36-31-26-23-27-32-36/h22-33,37-38H,10-21,34,43H2,1-9H3/t37?,38-/m1/s1. The highest BCUT2D eigenvalue weighted by molar-refractivity contribution is 6.99. The third kappa shape index (κ3) is 14.7. The van der Waals surface area contributed by atoms with Crippen molar-refractivity contribution in [3.8, 4) is 0 Å². The van der Waals surface area contributed by atoms with E-state index in [2.05, 4.69) is 88.4 Å². The number of rotatable bonds is 22. The molecule has 0 saturated carbocycles. The molecule has 0 radical (unpaired) electrons. The minimum absolute atomic E-state index is 0.0874. The van der Waals surface area contributed by atoms with Crippen LogP contribution in [0.15, 0.2) is 72.8 Å². The predicted molar refractivity (Wildman–Crippen MR) is 206 cm³/mol. The molecule has 0 aliphatic heterocycles. The number of carbonyl (C=O) groups excluding carboxylic acids is 1. The molecule has 0 heterocycles. The summed E-state index contributed by atoms with van der Waals surface area (Å²) in [6.45, 7) is 18.4. The van der Waals surface area contributed by atoms with Crippen molar-refractivity contribution in [2.24, 2.45) is 11.7 Å². The molecule has 6 heteroatoms. The fourth-order valence-corrected chi connectivity index (χ4v) is 11.0. The Morgan fingerprint density at radius 1 is 0.729 bits per heavy atom. The molecule has 0 aliphatic carbocycles. The predicted octanol–water partition coefficient (Wildman–Crippen LogP) is 9.86. The summed E-state index contributed by atoms with van der Waals surface area (Å²) in [5, 5.41) is 2.07. The summed E-state index contributed by atoms with van der Waals surface area (Å²) in [7, 11) is -3.01. The van der Waals surface area contributed by atoms with Gasteiger partial charge in [0.25, 0.3) is 8.32 Å². The first-order valence-electron chi connectivity index (χ1n) is 18.7. The highest BCUT2D eigenvalue weighted by Crippen LogP contribution is 2.39. The molecule has 270 valence electrons. The SMILES string of the molecule is CCCCCCCCCCCCCC=C[C@@H](O[Si](c1ccccc1)(c1ccccc1)C(C)(C)C)C(COC(C)(C)N)C(=O)OC(C)(C)C. The number of benzene rings is 2. The summed E-state index contributed by atoms with van der Waals surface area (Å²) < 4.78 is 19.7. The summed E-state index contributed by atoms with van der Waals surface area (Å²) in [5.41, 5.74) is 4.72. The molecule has 0 amide bonds. The average Bonchev–Trinajstić information content (AvgIpc) is 3.00. The van der Waals surface area contributed by atoms with Gasteiger partial charge in [0, 0.05) is 0 Å². The average molecular weight is 680 g/mol. The lowest BCUT2D eigenvalue weighted by Crippen LogP contribution is -2.68. The van der Waals surface area contributed by atoms with Crippen molar-refractivity contribution in [1.29, 1.82) is 0 Å². The van der Waals surface area contributed by atoms with E-state index in [1.54, 1.807) is 13.8 Å². The van der Waals surface area contributed by atoms with Crippen molar-refractivity contribution in [3.63, 3.8) is 0 Å². The topological polar surface area (TPSA) is 70.8 Å². The molecule has 48 heavy (non-hydrogen) atoms. The number of unbranched alkanes of at least 4 members (excludes halogenated alkanes) is 11. The lowest BCUT2D eigenvalue weighted by molar-refractivity contribution is -0.167. The van der Waals surface area contributed by atoms with Crippen LogP contribution in [0.3, 0.4) is 0 Å². The fraction of sp³-hybridized carbons (Fsp3) is 0.643. The van der Waals surface area contributed by atoms with Gasteiger partial charge in [-0.2, -0.15) is 0 Å². The number of ether oxygens (including phenoxy) is 2. The first kappa shape index (κ1) is 41.9. The third-order valence-corrected chi connectivity index (χ3v) is 13.8. The van der Waals surface area contributed by atoms with Gasteiger partial charge in [-0.1, -0.05) is 165 Å². The summed E-state index contributed by atoms with van der Waals surface area (Å²) >= 11 is 0. The van der Waals surface area contributed by atoms with Gasteiger partial charge in [0.1, 0.15) is 17.2 Å². The lowest BCUT2D eigenvalue weighted by Gasteiger charge is -2.46. The van der Waals surface area contributed by atoms with Gasteiger partial charge in [0.05, 0.1) is 12.7 Å². The number of allylic oxidation sites excluding steroid dienone is 1. The zero-order valence-electron chi connectivity index (χ0n) is 32.0. The van der Waals surface area contributed by atoms with E-state index in [1.807, 2.05) is 32.9 Å². The van der Waals surface area contributed by atoms with Gasteiger partial charge < -0.3 is 19.6 Å². The molecule has 5 nitrogen and oxygen atoms in total. The highest BCUT2D eigenvalue weighted by atomic mass is 28.4. The maximum atomic E-state index is 14.0. The highest BCUT2D eigenvalue weighted by Gasteiger charge is 2.52. The van der Waals surface area contributed by atoms with E-state index in [9.17, 15) is 4.79 Å². The molecule has 0 spiro atoms. The van der Waals surface area contributed by atoms with Crippen molar-refractivity contribution >= 4 is 24.7 Å². The quantitative estimate of drug-likeness (QED) is 0.0441. The van der Waals surface area contributed by atoms with Gasteiger partial charge in [-0.05, 0) is 62.9 Å². The van der Waals surface area contributed by atoms with Crippen LogP contribution in [0.1, 0.15) is 139 Å². The van der Waals surface area contributed by atoms with E-state index in [0.29, 0.717) is 0 Å². The fourth-order valence-electron chi connectivity index (χ4n) is 6.29. The van der Waals surface area contributed by atoms with Gasteiger partial charge in [0.15, 0.2) is 0 Å². The number of hydrogen-bond donors (Lipinski definition) is 1. The Kier molecular flexibility index (Phi) is 17.8. The molecular weight excluding hydrogens is 611 g/mol. The van der Waals surface area contributed by atoms with Crippen LogP contribution >= 0.6 is 0 Å². The molecule has 0 aliphatic rings. The molecule has 2 rings (SSSR count). The molecule has 1 unspecified atom stereocenters. The Morgan fingerprint density at radius 3 is 1.60 bits per heavy atom. The van der Waals surface area contributed by atoms with E-state index in [-0.39, 0.29) is 17.6 Å². The Morgan fingerprint density at radius 2 is 1.19 bits per heavy atom. The lowest BCUT2D eigenvalue weighted by atomic mass is 10.0. The van der Waals surface area contributed by atoms with Gasteiger partial charge in [-0.25, -0.2) is 0 Å². The van der Waals surface area contributed by atoms with E-state index >= 15 is 0 Å². The van der Waals surface area contributed by atoms with Crippen LogP contribution < -0.4 is 16.1 Å². The van der Waals surface area contributed by atoms with Gasteiger partial charge in [-0.3, -0.25) is 4.79 Å². The van der Waals surface area contributed by atoms with Crippen molar-refractivity contribution in [1.82, 2.24) is 0 Å². The van der Waals surface area contributed by atoms with E-state index in [1.165, 1.54) is 64.2 Å². The van der Waals surface area contributed by atoms with Crippen LogP contribution in [-0.4, -0.2) is 38.3 Å². The van der Waals surface area contributed by atoms with Crippen molar-refractivity contribution in [3.05, 3.63) is 72.8 Å². The zero-order valence-corrected chi connectivity index (χ0v) is 33.0. The molecule has 0 fully saturated rings. The second-order valence-electron chi connectivity index (χ2n) is 16.1. The maximum Gasteiger partial charge on any atom is 0.314 e. The van der Waals surface area contributed by atoms with Crippen LogP contribution in [-0.2, 0) is 18.7 Å². The second-order valence-corrected chi connectivity index (χ2v) is 20.3. The van der Waals surface area contributed by atoms with Crippen molar-refractivity contribution in [2.75, 3.05) is 6.61 Å². The minimum atomic E-state index is -3.01. The van der Waals surface area contributed by atoms with Crippen molar-refractivity contribution < 1.29 is 18.7 Å². The Labute approximate surface area is 295 Å². The van der Waals surface area contributed by atoms with Gasteiger partial charge in [-0.15, -0.1) is 0 Å². The summed E-state index contributed by atoms with van der Waals surface area (Å²) in [6, 6.07) is 21.1. The molecule has 0 bridgehead atoms. The molecule has 0 aromatic heterocycles. The molecular formula is C42H69NO4Si. The molecule has 2 atom stereocenters. The number of hydrogen-bond acceptors (Lipinski definition) is 5. The maximum absolute atomic E-state index is 14.0. The molecule has 2 aromatic rings. The van der Waals surface area contributed by atoms with Crippen LogP contribution in [0.5, 0.6) is 0 Å². The van der Waals surface area contributed by atoms with Crippen LogP contribution in [0.2, 0.25) is 5.04 Å². The number of carbonyl (C=O) groups is 1. The Bertz CT molecular complexity index is 1140. The largest absolute Gasteiger partial charge is 0.460 e. The van der Waals surface area contributed by atoms with E-state index in [4.69, 9.17) is 19.6 Å². The first-order valence-corrected chi connectivity index (χ1v) is 20.6. The molecule has 2 aromatic carbocycles. The zero-order chi connectivity index (χ0) is 35.7. The second kappa shape index (κ2) is 20.4. The third-order valence-electron chi connectivity index (χ3n) is 8.77. The summed E-state index contributed by atoms with van der Waals surface area (Å²) in [5.74, 6) is -1.05. The summed E-state index contributed by atoms with van der Waals surface area (Å²) in [6.07, 6.45) is 19.1. The number of esters is 1. The normalized spacial score (nSPS) is 14.3.